The van der Waals surface area contributed by atoms with E-state index in [0.717, 1.165) is 18.8 Å². The number of nitrogens with zero attached hydrogens (tertiary/aromatic N) is 4. The van der Waals surface area contributed by atoms with Gasteiger partial charge in [-0.05, 0) is 31.2 Å². The third-order valence-electron chi connectivity index (χ3n) is 3.70. The molecule has 6 nitrogen and oxygen atoms in total. The molecule has 1 aromatic heterocycles. The van der Waals surface area contributed by atoms with E-state index < -0.39 is 0 Å². The number of aryl methyl sites for hydroxylation is 1. The first-order valence-electron chi connectivity index (χ1n) is 7.19. The molecule has 0 aliphatic carbocycles. The summed E-state index contributed by atoms with van der Waals surface area (Å²) in [4.78, 5) is 20.2. The van der Waals surface area contributed by atoms with Crippen molar-refractivity contribution in [2.45, 2.75) is 13.3 Å². The van der Waals surface area contributed by atoms with Crippen molar-refractivity contribution in [3.8, 4) is 0 Å². The van der Waals surface area contributed by atoms with Gasteiger partial charge in [0, 0.05) is 31.9 Å². The lowest BCUT2D eigenvalue weighted by atomic mass is 10.2. The van der Waals surface area contributed by atoms with Crippen molar-refractivity contribution in [1.29, 1.82) is 0 Å². The molecule has 1 amide bonds. The van der Waals surface area contributed by atoms with Crippen LogP contribution in [-0.4, -0.2) is 47.1 Å². The van der Waals surface area contributed by atoms with Crippen LogP contribution in [-0.2, 0) is 11.2 Å². The van der Waals surface area contributed by atoms with Crippen LogP contribution in [0.3, 0.4) is 0 Å². The van der Waals surface area contributed by atoms with Crippen molar-refractivity contribution >= 4 is 11.6 Å². The number of anilines is 1. The van der Waals surface area contributed by atoms with Crippen LogP contribution < -0.4 is 4.90 Å². The molecule has 1 aliphatic heterocycles. The van der Waals surface area contributed by atoms with E-state index in [4.69, 9.17) is 4.52 Å². The number of piperazine rings is 1. The van der Waals surface area contributed by atoms with Crippen molar-refractivity contribution in [3.05, 3.63) is 41.8 Å². The molecule has 7 heteroatoms. The summed E-state index contributed by atoms with van der Waals surface area (Å²) in [5.41, 5.74) is 0.973. The first kappa shape index (κ1) is 14.5. The Labute approximate surface area is 127 Å². The molecule has 1 saturated heterocycles. The summed E-state index contributed by atoms with van der Waals surface area (Å²) < 4.78 is 17.9. The molecule has 0 spiro atoms. The number of benzene rings is 1. The molecule has 0 bridgehead atoms. The highest BCUT2D eigenvalue weighted by molar-refractivity contribution is 5.78. The van der Waals surface area contributed by atoms with Crippen LogP contribution in [0.5, 0.6) is 0 Å². The van der Waals surface area contributed by atoms with E-state index in [1.807, 2.05) is 0 Å². The second-order valence-corrected chi connectivity index (χ2v) is 5.26. The topological polar surface area (TPSA) is 62.5 Å². The van der Waals surface area contributed by atoms with Crippen molar-refractivity contribution in [2.75, 3.05) is 31.1 Å². The number of rotatable bonds is 3. The summed E-state index contributed by atoms with van der Waals surface area (Å²) in [5, 5.41) is 3.68. The van der Waals surface area contributed by atoms with E-state index in [1.165, 1.54) is 12.1 Å². The van der Waals surface area contributed by atoms with Gasteiger partial charge in [-0.2, -0.15) is 4.98 Å². The van der Waals surface area contributed by atoms with Gasteiger partial charge in [0.15, 0.2) is 5.82 Å². The maximum atomic E-state index is 12.9. The van der Waals surface area contributed by atoms with Gasteiger partial charge in [-0.15, -0.1) is 0 Å². The lowest BCUT2D eigenvalue weighted by Crippen LogP contribution is -2.49. The van der Waals surface area contributed by atoms with Crippen molar-refractivity contribution in [3.63, 3.8) is 0 Å². The van der Waals surface area contributed by atoms with E-state index in [1.54, 1.807) is 24.0 Å². The number of halogens is 1. The smallest absolute Gasteiger partial charge is 0.236 e. The first-order chi connectivity index (χ1) is 10.6. The highest BCUT2D eigenvalue weighted by Crippen LogP contribution is 2.17. The number of hydrogen-bond acceptors (Lipinski definition) is 5. The fraction of sp³-hybridized carbons (Fsp3) is 0.400. The van der Waals surface area contributed by atoms with Crippen LogP contribution in [0.25, 0.3) is 0 Å². The predicted octanol–water partition coefficient (Wildman–Crippen LogP) is 1.41. The maximum Gasteiger partial charge on any atom is 0.236 e. The largest absolute Gasteiger partial charge is 0.368 e. The molecule has 22 heavy (non-hydrogen) atoms. The van der Waals surface area contributed by atoms with Crippen molar-refractivity contribution < 1.29 is 13.7 Å². The Morgan fingerprint density at radius 2 is 1.91 bits per heavy atom. The molecule has 3 rings (SSSR count). The van der Waals surface area contributed by atoms with Crippen LogP contribution in [0, 0.1) is 12.7 Å². The standard InChI is InChI=1S/C15H17FN4O2/c1-11-17-14(22-18-11)10-15(21)20-8-6-19(7-9-20)13-4-2-12(16)3-5-13/h2-5H,6-10H2,1H3. The minimum atomic E-state index is -0.243. The number of aromatic nitrogens is 2. The van der Waals surface area contributed by atoms with Crippen molar-refractivity contribution in [1.82, 2.24) is 15.0 Å². The third-order valence-corrected chi connectivity index (χ3v) is 3.70. The van der Waals surface area contributed by atoms with Gasteiger partial charge < -0.3 is 14.3 Å². The van der Waals surface area contributed by atoms with Gasteiger partial charge in [-0.3, -0.25) is 4.79 Å². The number of carbonyl (C=O) groups is 1. The Morgan fingerprint density at radius 1 is 1.23 bits per heavy atom. The zero-order valence-electron chi connectivity index (χ0n) is 12.3. The fourth-order valence-corrected chi connectivity index (χ4v) is 2.52. The number of hydrogen-bond donors (Lipinski definition) is 0. The maximum absolute atomic E-state index is 12.9. The molecule has 0 N–H and O–H groups in total. The average Bonchev–Trinajstić information content (AvgIpc) is 2.93. The molecule has 0 radical (unpaired) electrons. The monoisotopic (exact) mass is 304 g/mol. The Kier molecular flexibility index (Phi) is 4.04. The molecule has 1 aromatic carbocycles. The fourth-order valence-electron chi connectivity index (χ4n) is 2.52. The summed E-state index contributed by atoms with van der Waals surface area (Å²) in [6.45, 7) is 4.42. The molecular formula is C15H17FN4O2. The van der Waals surface area contributed by atoms with Gasteiger partial charge in [-0.1, -0.05) is 5.16 Å². The Balaban J connectivity index is 1.54. The molecule has 0 saturated carbocycles. The van der Waals surface area contributed by atoms with Gasteiger partial charge in [0.05, 0.1) is 0 Å². The van der Waals surface area contributed by atoms with Gasteiger partial charge in [0.25, 0.3) is 0 Å². The molecule has 2 heterocycles. The van der Waals surface area contributed by atoms with Crippen LogP contribution in [0.15, 0.2) is 28.8 Å². The van der Waals surface area contributed by atoms with Crippen LogP contribution in [0.2, 0.25) is 0 Å². The lowest BCUT2D eigenvalue weighted by molar-refractivity contribution is -0.131. The van der Waals surface area contributed by atoms with Crippen LogP contribution in [0.1, 0.15) is 11.7 Å². The van der Waals surface area contributed by atoms with E-state index in [9.17, 15) is 9.18 Å². The molecule has 1 aliphatic rings. The predicted molar refractivity (Wildman–Crippen MR) is 77.9 cm³/mol. The second kappa shape index (κ2) is 6.13. The highest BCUT2D eigenvalue weighted by Gasteiger charge is 2.22. The molecular weight excluding hydrogens is 287 g/mol. The lowest BCUT2D eigenvalue weighted by Gasteiger charge is -2.36. The second-order valence-electron chi connectivity index (χ2n) is 5.26. The normalized spacial score (nSPS) is 15.2. The van der Waals surface area contributed by atoms with E-state index in [-0.39, 0.29) is 18.1 Å². The Morgan fingerprint density at radius 3 is 2.50 bits per heavy atom. The molecule has 0 unspecified atom stereocenters. The average molecular weight is 304 g/mol. The molecule has 1 fully saturated rings. The quantitative estimate of drug-likeness (QED) is 0.858. The van der Waals surface area contributed by atoms with Crippen LogP contribution >= 0.6 is 0 Å². The summed E-state index contributed by atoms with van der Waals surface area (Å²) in [6, 6.07) is 6.41. The minimum Gasteiger partial charge on any atom is -0.368 e. The molecule has 0 atom stereocenters. The molecule has 116 valence electrons. The van der Waals surface area contributed by atoms with Gasteiger partial charge in [-0.25, -0.2) is 4.39 Å². The molecule has 2 aromatic rings. The third kappa shape index (κ3) is 3.24. The Hall–Kier alpha value is -2.44. The summed E-state index contributed by atoms with van der Waals surface area (Å²) in [5.74, 6) is 0.627. The summed E-state index contributed by atoms with van der Waals surface area (Å²) >= 11 is 0. The van der Waals surface area contributed by atoms with E-state index in [0.29, 0.717) is 24.8 Å². The number of amides is 1. The van der Waals surface area contributed by atoms with Crippen molar-refractivity contribution in [2.24, 2.45) is 0 Å². The van der Waals surface area contributed by atoms with Crippen LogP contribution in [0.4, 0.5) is 10.1 Å². The van der Waals surface area contributed by atoms with E-state index >= 15 is 0 Å². The first-order valence-corrected chi connectivity index (χ1v) is 7.19. The van der Waals surface area contributed by atoms with Gasteiger partial charge in [0.2, 0.25) is 11.8 Å². The minimum absolute atomic E-state index is 0.0117. The van der Waals surface area contributed by atoms with Gasteiger partial charge >= 0.3 is 0 Å². The summed E-state index contributed by atoms with van der Waals surface area (Å²) in [6.07, 6.45) is 0.136. The van der Waals surface area contributed by atoms with Gasteiger partial charge in [0.1, 0.15) is 12.2 Å². The highest BCUT2D eigenvalue weighted by atomic mass is 19.1. The summed E-state index contributed by atoms with van der Waals surface area (Å²) in [7, 11) is 0. The number of carbonyl (C=O) groups excluding carboxylic acids is 1. The van der Waals surface area contributed by atoms with E-state index in [2.05, 4.69) is 15.0 Å². The zero-order chi connectivity index (χ0) is 15.5. The SMILES string of the molecule is Cc1noc(CC(=O)N2CCN(c3ccc(F)cc3)CC2)n1. The zero-order valence-corrected chi connectivity index (χ0v) is 12.3. The Bertz CT molecular complexity index is 648.